The highest BCUT2D eigenvalue weighted by molar-refractivity contribution is 9.10. The van der Waals surface area contributed by atoms with Crippen molar-refractivity contribution in [3.8, 4) is 0 Å². The molecule has 0 fully saturated rings. The fourth-order valence-electron chi connectivity index (χ4n) is 1.62. The Morgan fingerprint density at radius 3 is 2.74 bits per heavy atom. The SMILES string of the molecule is CC(CN(C)CC(=O)Nc1cccc(Br)c1)C(=O)O. The number of hydrogen-bond donors (Lipinski definition) is 2. The second-order valence-corrected chi connectivity index (χ2v) is 5.41. The minimum absolute atomic E-state index is 0.157. The number of rotatable bonds is 6. The maximum absolute atomic E-state index is 11.8. The average molecular weight is 329 g/mol. The van der Waals surface area contributed by atoms with Crippen LogP contribution in [0.2, 0.25) is 0 Å². The van der Waals surface area contributed by atoms with Crippen molar-refractivity contribution in [2.45, 2.75) is 6.92 Å². The van der Waals surface area contributed by atoms with Gasteiger partial charge >= 0.3 is 5.97 Å². The number of carbonyl (C=O) groups is 2. The van der Waals surface area contributed by atoms with E-state index in [4.69, 9.17) is 5.11 Å². The number of halogens is 1. The van der Waals surface area contributed by atoms with Crippen molar-refractivity contribution in [3.05, 3.63) is 28.7 Å². The lowest BCUT2D eigenvalue weighted by Gasteiger charge is -2.18. The molecule has 0 aliphatic rings. The summed E-state index contributed by atoms with van der Waals surface area (Å²) in [5.41, 5.74) is 0.707. The van der Waals surface area contributed by atoms with Crippen LogP contribution < -0.4 is 5.32 Å². The number of likely N-dealkylation sites (N-methyl/N-ethyl adjacent to an activating group) is 1. The number of amides is 1. The molecular formula is C13H17BrN2O3. The van der Waals surface area contributed by atoms with Gasteiger partial charge in [-0.2, -0.15) is 0 Å². The molecule has 1 atom stereocenters. The summed E-state index contributed by atoms with van der Waals surface area (Å²) in [7, 11) is 1.72. The molecule has 0 radical (unpaired) electrons. The highest BCUT2D eigenvalue weighted by Gasteiger charge is 2.15. The summed E-state index contributed by atoms with van der Waals surface area (Å²) in [6.07, 6.45) is 0. The van der Waals surface area contributed by atoms with E-state index in [1.54, 1.807) is 31.0 Å². The molecule has 19 heavy (non-hydrogen) atoms. The Balaban J connectivity index is 2.45. The summed E-state index contributed by atoms with van der Waals surface area (Å²) >= 11 is 3.32. The van der Waals surface area contributed by atoms with Gasteiger partial charge in [-0.3, -0.25) is 14.5 Å². The molecule has 1 aromatic rings. The first-order valence-corrected chi connectivity index (χ1v) is 6.64. The van der Waals surface area contributed by atoms with Crippen molar-refractivity contribution < 1.29 is 14.7 Å². The van der Waals surface area contributed by atoms with Crippen molar-refractivity contribution in [1.82, 2.24) is 4.90 Å². The standard InChI is InChI=1S/C13H17BrN2O3/c1-9(13(18)19)7-16(2)8-12(17)15-11-5-3-4-10(14)6-11/h3-6,9H,7-8H2,1-2H3,(H,15,17)(H,18,19). The van der Waals surface area contributed by atoms with Gasteiger partial charge in [-0.1, -0.05) is 28.9 Å². The molecule has 0 aliphatic heterocycles. The van der Waals surface area contributed by atoms with Gasteiger partial charge < -0.3 is 10.4 Å². The van der Waals surface area contributed by atoms with Crippen LogP contribution in [0.25, 0.3) is 0 Å². The zero-order valence-electron chi connectivity index (χ0n) is 10.9. The van der Waals surface area contributed by atoms with Gasteiger partial charge in [0, 0.05) is 16.7 Å². The normalized spacial score (nSPS) is 12.2. The van der Waals surface area contributed by atoms with E-state index in [0.717, 1.165) is 4.47 Å². The molecule has 0 spiro atoms. The molecule has 0 aliphatic carbocycles. The summed E-state index contributed by atoms with van der Waals surface area (Å²) in [5, 5.41) is 11.6. The first-order valence-electron chi connectivity index (χ1n) is 5.85. The number of anilines is 1. The highest BCUT2D eigenvalue weighted by Crippen LogP contribution is 2.15. The number of carbonyl (C=O) groups excluding carboxylic acids is 1. The second-order valence-electron chi connectivity index (χ2n) is 4.49. The van der Waals surface area contributed by atoms with E-state index in [1.165, 1.54) is 0 Å². The molecule has 0 heterocycles. The first-order chi connectivity index (χ1) is 8.88. The van der Waals surface area contributed by atoms with E-state index >= 15 is 0 Å². The van der Waals surface area contributed by atoms with Gasteiger partial charge in [0.25, 0.3) is 0 Å². The van der Waals surface area contributed by atoms with E-state index in [-0.39, 0.29) is 12.5 Å². The van der Waals surface area contributed by atoms with Crippen molar-refractivity contribution in [1.29, 1.82) is 0 Å². The summed E-state index contributed by atoms with van der Waals surface area (Å²) < 4.78 is 0.887. The highest BCUT2D eigenvalue weighted by atomic mass is 79.9. The minimum atomic E-state index is -0.862. The minimum Gasteiger partial charge on any atom is -0.481 e. The molecule has 0 bridgehead atoms. The molecule has 1 aromatic carbocycles. The third-order valence-corrected chi connectivity index (χ3v) is 3.02. The number of hydrogen-bond acceptors (Lipinski definition) is 3. The van der Waals surface area contributed by atoms with Crippen LogP contribution in [-0.4, -0.2) is 42.0 Å². The Morgan fingerprint density at radius 2 is 2.16 bits per heavy atom. The molecule has 1 amide bonds. The average Bonchev–Trinajstić information content (AvgIpc) is 2.27. The van der Waals surface area contributed by atoms with Gasteiger partial charge in [-0.25, -0.2) is 0 Å². The van der Waals surface area contributed by atoms with Crippen LogP contribution in [0.15, 0.2) is 28.7 Å². The maximum atomic E-state index is 11.8. The maximum Gasteiger partial charge on any atom is 0.307 e. The molecule has 104 valence electrons. The molecule has 2 N–H and O–H groups in total. The zero-order chi connectivity index (χ0) is 14.4. The Kier molecular flexibility index (Phi) is 5.98. The Labute approximate surface area is 120 Å². The third kappa shape index (κ3) is 5.85. The number of nitrogens with one attached hydrogen (secondary N) is 1. The van der Waals surface area contributed by atoms with Crippen molar-refractivity contribution in [2.75, 3.05) is 25.5 Å². The molecule has 1 unspecified atom stereocenters. The lowest BCUT2D eigenvalue weighted by Crippen LogP contribution is -2.35. The smallest absolute Gasteiger partial charge is 0.307 e. The summed E-state index contributed by atoms with van der Waals surface area (Å²) in [6.45, 7) is 2.11. The van der Waals surface area contributed by atoms with Crippen LogP contribution in [0.1, 0.15) is 6.92 Å². The predicted molar refractivity (Wildman–Crippen MR) is 77.1 cm³/mol. The van der Waals surface area contributed by atoms with Crippen LogP contribution in [0, 0.1) is 5.92 Å². The molecule has 0 aromatic heterocycles. The number of carboxylic acids is 1. The summed E-state index contributed by atoms with van der Waals surface area (Å²) in [4.78, 5) is 24.2. The molecule has 0 saturated heterocycles. The van der Waals surface area contributed by atoms with Crippen molar-refractivity contribution in [3.63, 3.8) is 0 Å². The van der Waals surface area contributed by atoms with Gasteiger partial charge in [0.05, 0.1) is 12.5 Å². The van der Waals surface area contributed by atoms with Gasteiger partial charge in [0.2, 0.25) is 5.91 Å². The monoisotopic (exact) mass is 328 g/mol. The fraction of sp³-hybridized carbons (Fsp3) is 0.385. The molecule has 0 saturated carbocycles. The van der Waals surface area contributed by atoms with Gasteiger partial charge in [0.15, 0.2) is 0 Å². The number of benzene rings is 1. The third-order valence-electron chi connectivity index (χ3n) is 2.53. The van der Waals surface area contributed by atoms with Crippen LogP contribution in [0.3, 0.4) is 0 Å². The van der Waals surface area contributed by atoms with Crippen LogP contribution in [0.5, 0.6) is 0 Å². The van der Waals surface area contributed by atoms with Crippen LogP contribution in [0.4, 0.5) is 5.69 Å². The van der Waals surface area contributed by atoms with E-state index in [9.17, 15) is 9.59 Å². The van der Waals surface area contributed by atoms with Gasteiger partial charge in [-0.05, 0) is 25.2 Å². The first kappa shape index (κ1) is 15.7. The predicted octanol–water partition coefficient (Wildman–Crippen LogP) is 2.04. The summed E-state index contributed by atoms with van der Waals surface area (Å²) in [5.74, 6) is -1.53. The van der Waals surface area contributed by atoms with Gasteiger partial charge in [0.1, 0.15) is 0 Å². The lowest BCUT2D eigenvalue weighted by molar-refractivity contribution is -0.141. The zero-order valence-corrected chi connectivity index (χ0v) is 12.5. The van der Waals surface area contributed by atoms with E-state index in [1.807, 2.05) is 12.1 Å². The van der Waals surface area contributed by atoms with E-state index in [0.29, 0.717) is 12.2 Å². The van der Waals surface area contributed by atoms with Crippen molar-refractivity contribution >= 4 is 33.5 Å². The Bertz CT molecular complexity index is 465. The topological polar surface area (TPSA) is 69.6 Å². The number of aliphatic carboxylic acids is 1. The summed E-state index contributed by atoms with van der Waals surface area (Å²) in [6, 6.07) is 7.30. The van der Waals surface area contributed by atoms with E-state index < -0.39 is 11.9 Å². The Morgan fingerprint density at radius 1 is 1.47 bits per heavy atom. The number of nitrogens with zero attached hydrogens (tertiary/aromatic N) is 1. The number of carboxylic acid groups (broad SMARTS) is 1. The Hall–Kier alpha value is -1.40. The molecular weight excluding hydrogens is 312 g/mol. The molecule has 1 rings (SSSR count). The quantitative estimate of drug-likeness (QED) is 0.838. The van der Waals surface area contributed by atoms with Crippen LogP contribution >= 0.6 is 15.9 Å². The van der Waals surface area contributed by atoms with Crippen molar-refractivity contribution in [2.24, 2.45) is 5.92 Å². The fourth-order valence-corrected chi connectivity index (χ4v) is 2.02. The molecule has 6 heteroatoms. The molecule has 5 nitrogen and oxygen atoms in total. The lowest BCUT2D eigenvalue weighted by atomic mass is 10.2. The second kappa shape index (κ2) is 7.25. The van der Waals surface area contributed by atoms with Crippen LogP contribution in [-0.2, 0) is 9.59 Å². The van der Waals surface area contributed by atoms with E-state index in [2.05, 4.69) is 21.2 Å². The largest absolute Gasteiger partial charge is 0.481 e. The van der Waals surface area contributed by atoms with Gasteiger partial charge in [-0.15, -0.1) is 0 Å².